The number of hydrogen-bond acceptors (Lipinski definition) is 5. The van der Waals surface area contributed by atoms with Crippen molar-refractivity contribution in [3.63, 3.8) is 0 Å². The fraction of sp³-hybridized carbons (Fsp3) is 0.409. The summed E-state index contributed by atoms with van der Waals surface area (Å²) in [4.78, 5) is 12.3. The number of carbonyl (C=O) groups excluding carboxylic acids is 1. The zero-order valence-electron chi connectivity index (χ0n) is 17.5. The first-order chi connectivity index (χ1) is 14.2. The highest BCUT2D eigenvalue weighted by atomic mass is 32.2. The maximum absolute atomic E-state index is 12.1. The summed E-state index contributed by atoms with van der Waals surface area (Å²) in [6.07, 6.45) is 1.69. The van der Waals surface area contributed by atoms with Crippen LogP contribution in [0.5, 0.6) is 11.5 Å². The molecule has 0 radical (unpaired) electrons. The van der Waals surface area contributed by atoms with E-state index >= 15 is 0 Å². The van der Waals surface area contributed by atoms with E-state index in [4.69, 9.17) is 9.47 Å². The van der Waals surface area contributed by atoms with Crippen molar-refractivity contribution in [1.82, 2.24) is 10.0 Å². The largest absolute Gasteiger partial charge is 0.488 e. The highest BCUT2D eigenvalue weighted by molar-refractivity contribution is 7.89. The van der Waals surface area contributed by atoms with Crippen LogP contribution < -0.4 is 19.5 Å². The van der Waals surface area contributed by atoms with Crippen LogP contribution in [0.2, 0.25) is 0 Å². The molecule has 3 rings (SSSR count). The van der Waals surface area contributed by atoms with Crippen LogP contribution >= 0.6 is 0 Å². The number of sulfonamides is 1. The minimum absolute atomic E-state index is 0.0822. The molecule has 2 aromatic rings. The highest BCUT2D eigenvalue weighted by Gasteiger charge is 2.32. The van der Waals surface area contributed by atoms with Gasteiger partial charge in [0.1, 0.15) is 12.2 Å². The molecule has 7 nitrogen and oxygen atoms in total. The summed E-state index contributed by atoms with van der Waals surface area (Å²) in [6.45, 7) is 4.84. The Morgan fingerprint density at radius 2 is 1.90 bits per heavy atom. The number of amides is 1. The predicted molar refractivity (Wildman–Crippen MR) is 114 cm³/mol. The van der Waals surface area contributed by atoms with E-state index in [0.717, 1.165) is 23.3 Å². The van der Waals surface area contributed by atoms with Gasteiger partial charge in [-0.3, -0.25) is 4.79 Å². The van der Waals surface area contributed by atoms with Gasteiger partial charge in [-0.25, -0.2) is 13.1 Å². The van der Waals surface area contributed by atoms with E-state index in [1.807, 2.05) is 32.0 Å². The van der Waals surface area contributed by atoms with Crippen molar-refractivity contribution < 1.29 is 22.7 Å². The van der Waals surface area contributed by atoms with Crippen molar-refractivity contribution in [2.24, 2.45) is 0 Å². The van der Waals surface area contributed by atoms with Gasteiger partial charge in [-0.2, -0.15) is 0 Å². The van der Waals surface area contributed by atoms with E-state index < -0.39 is 10.0 Å². The second kappa shape index (κ2) is 9.06. The first-order valence-corrected chi connectivity index (χ1v) is 11.4. The van der Waals surface area contributed by atoms with Crippen LogP contribution in [0.25, 0.3) is 0 Å². The van der Waals surface area contributed by atoms with E-state index in [2.05, 4.69) is 10.0 Å². The molecule has 0 bridgehead atoms. The second-order valence-corrected chi connectivity index (χ2v) is 9.72. The van der Waals surface area contributed by atoms with Gasteiger partial charge in [-0.1, -0.05) is 24.3 Å². The number of para-hydroxylation sites is 1. The number of rotatable bonds is 9. The van der Waals surface area contributed by atoms with Gasteiger partial charge in [0.05, 0.1) is 11.4 Å². The molecule has 1 aliphatic heterocycles. The molecule has 2 N–H and O–H groups in total. The number of fused-ring (bicyclic) bond motifs is 1. The maximum Gasteiger partial charge on any atom is 0.240 e. The zero-order valence-corrected chi connectivity index (χ0v) is 18.3. The number of aryl methyl sites for hydroxylation is 1. The lowest BCUT2D eigenvalue weighted by molar-refractivity contribution is -0.121. The van der Waals surface area contributed by atoms with Crippen molar-refractivity contribution >= 4 is 15.9 Å². The monoisotopic (exact) mass is 432 g/mol. The molecule has 8 heteroatoms. The molecule has 0 atom stereocenters. The third kappa shape index (κ3) is 5.52. The molecule has 1 heterocycles. The molecular formula is C22H28N2O5S. The van der Waals surface area contributed by atoms with Crippen LogP contribution in [0.4, 0.5) is 0 Å². The van der Waals surface area contributed by atoms with Gasteiger partial charge in [0.25, 0.3) is 0 Å². The Morgan fingerprint density at radius 1 is 1.17 bits per heavy atom. The van der Waals surface area contributed by atoms with Gasteiger partial charge in [0.15, 0.2) is 11.5 Å². The first-order valence-electron chi connectivity index (χ1n) is 9.93. The average Bonchev–Trinajstić information content (AvgIpc) is 3.04. The molecule has 0 spiro atoms. The van der Waals surface area contributed by atoms with Crippen molar-refractivity contribution in [2.75, 3.05) is 20.2 Å². The summed E-state index contributed by atoms with van der Waals surface area (Å²) in [6, 6.07) is 12.4. The van der Waals surface area contributed by atoms with Crippen molar-refractivity contribution in [3.05, 3.63) is 53.6 Å². The maximum atomic E-state index is 12.1. The van der Waals surface area contributed by atoms with E-state index in [0.29, 0.717) is 31.7 Å². The summed E-state index contributed by atoms with van der Waals surface area (Å²) in [5, 5.41) is 2.84. The molecule has 1 aliphatic rings. The molecule has 30 heavy (non-hydrogen) atoms. The Labute approximate surface area is 177 Å². The summed E-state index contributed by atoms with van der Waals surface area (Å²) >= 11 is 0. The van der Waals surface area contributed by atoms with Gasteiger partial charge < -0.3 is 14.8 Å². The number of benzene rings is 2. The van der Waals surface area contributed by atoms with Crippen LogP contribution in [-0.4, -0.2) is 40.1 Å². The molecule has 0 fully saturated rings. The van der Waals surface area contributed by atoms with Crippen LogP contribution in [0.3, 0.4) is 0 Å². The Morgan fingerprint density at radius 3 is 2.60 bits per heavy atom. The van der Waals surface area contributed by atoms with Gasteiger partial charge >= 0.3 is 0 Å². The zero-order chi connectivity index (χ0) is 21.8. The Kier molecular flexibility index (Phi) is 6.67. The van der Waals surface area contributed by atoms with E-state index in [-0.39, 0.29) is 16.4 Å². The van der Waals surface area contributed by atoms with Crippen LogP contribution in [0.15, 0.2) is 47.4 Å². The van der Waals surface area contributed by atoms with Crippen LogP contribution in [0, 0.1) is 0 Å². The molecule has 0 unspecified atom stereocenters. The molecule has 1 amide bonds. The van der Waals surface area contributed by atoms with Gasteiger partial charge in [0, 0.05) is 18.4 Å². The summed E-state index contributed by atoms with van der Waals surface area (Å²) in [5.74, 6) is 1.41. The van der Waals surface area contributed by atoms with Gasteiger partial charge in [0.2, 0.25) is 15.9 Å². The molecule has 0 saturated heterocycles. The van der Waals surface area contributed by atoms with Crippen molar-refractivity contribution in [3.8, 4) is 11.5 Å². The Bertz CT molecular complexity index is 1000. The third-order valence-corrected chi connectivity index (χ3v) is 6.31. The summed E-state index contributed by atoms with van der Waals surface area (Å²) < 4.78 is 37.5. The second-order valence-electron chi connectivity index (χ2n) is 7.83. The van der Waals surface area contributed by atoms with E-state index in [9.17, 15) is 13.2 Å². The van der Waals surface area contributed by atoms with Crippen molar-refractivity contribution in [2.45, 2.75) is 43.6 Å². The minimum Gasteiger partial charge on any atom is -0.488 e. The summed E-state index contributed by atoms with van der Waals surface area (Å²) in [5.41, 5.74) is 1.80. The SMILES string of the molecule is CNS(=O)(=O)c1ccc(CCC(=O)NCCOc2cccc3c2OC(C)(C)C3)cc1. The molecule has 0 aliphatic carbocycles. The molecular weight excluding hydrogens is 404 g/mol. The number of carbonyl (C=O) groups is 1. The lowest BCUT2D eigenvalue weighted by Crippen LogP contribution is -2.28. The van der Waals surface area contributed by atoms with Crippen LogP contribution in [0.1, 0.15) is 31.4 Å². The van der Waals surface area contributed by atoms with Gasteiger partial charge in [-0.15, -0.1) is 0 Å². The topological polar surface area (TPSA) is 93.7 Å². The lowest BCUT2D eigenvalue weighted by atomic mass is 10.0. The van der Waals surface area contributed by atoms with E-state index in [1.54, 1.807) is 12.1 Å². The standard InChI is InChI=1S/C22H28N2O5S/c1-22(2)15-17-5-4-6-19(21(17)29-22)28-14-13-24-20(25)12-9-16-7-10-18(11-8-16)30(26,27)23-3/h4-8,10-11,23H,9,12-15H2,1-3H3,(H,24,25). The number of ether oxygens (including phenoxy) is 2. The molecule has 162 valence electrons. The van der Waals surface area contributed by atoms with Gasteiger partial charge in [-0.05, 0) is 51.1 Å². The quantitative estimate of drug-likeness (QED) is 0.594. The minimum atomic E-state index is -3.45. The molecule has 0 saturated carbocycles. The first kappa shape index (κ1) is 22.1. The third-order valence-electron chi connectivity index (χ3n) is 4.88. The normalized spacial score (nSPS) is 14.6. The van der Waals surface area contributed by atoms with E-state index in [1.165, 1.54) is 19.2 Å². The smallest absolute Gasteiger partial charge is 0.240 e. The molecule has 2 aromatic carbocycles. The van der Waals surface area contributed by atoms with Crippen LogP contribution in [-0.2, 0) is 27.7 Å². The Hall–Kier alpha value is -2.58. The molecule has 0 aromatic heterocycles. The lowest BCUT2D eigenvalue weighted by Gasteiger charge is -2.18. The summed E-state index contributed by atoms with van der Waals surface area (Å²) in [7, 11) is -2.08. The number of hydrogen-bond donors (Lipinski definition) is 2. The fourth-order valence-corrected chi connectivity index (χ4v) is 4.08. The Balaban J connectivity index is 1.41. The number of nitrogens with one attached hydrogen (secondary N) is 2. The highest BCUT2D eigenvalue weighted by Crippen LogP contribution is 2.41. The fourth-order valence-electron chi connectivity index (χ4n) is 3.35. The van der Waals surface area contributed by atoms with Crippen molar-refractivity contribution in [1.29, 1.82) is 0 Å². The predicted octanol–water partition coefficient (Wildman–Crippen LogP) is 2.44. The average molecular weight is 433 g/mol.